The minimum Gasteiger partial charge on any atom is -0.493 e. The van der Waals surface area contributed by atoms with Gasteiger partial charge < -0.3 is 14.4 Å². The highest BCUT2D eigenvalue weighted by molar-refractivity contribution is 5.94. The van der Waals surface area contributed by atoms with Gasteiger partial charge in [0.2, 0.25) is 5.91 Å². The molecule has 1 saturated heterocycles. The van der Waals surface area contributed by atoms with Crippen molar-refractivity contribution < 1.29 is 14.3 Å². The number of methoxy groups -OCH3 is 2. The minimum absolute atomic E-state index is 0.159. The molecule has 1 fully saturated rings. The zero-order valence-electron chi connectivity index (χ0n) is 17.6. The first-order valence-electron chi connectivity index (χ1n) is 10.2. The number of carbonyl (C=O) groups is 1. The molecule has 0 radical (unpaired) electrons. The molecule has 1 heterocycles. The molecule has 0 atom stereocenters. The van der Waals surface area contributed by atoms with E-state index >= 15 is 0 Å². The summed E-state index contributed by atoms with van der Waals surface area (Å²) in [6.45, 7) is 7.71. The smallest absolute Gasteiger partial charge is 0.241 e. The van der Waals surface area contributed by atoms with Crippen molar-refractivity contribution >= 4 is 11.6 Å². The van der Waals surface area contributed by atoms with Crippen LogP contribution in [0.4, 0.5) is 5.69 Å². The molecule has 0 spiro atoms. The van der Waals surface area contributed by atoms with Crippen LogP contribution in [0.25, 0.3) is 0 Å². The van der Waals surface area contributed by atoms with Crippen LogP contribution in [0.1, 0.15) is 12.5 Å². The molecule has 2 aromatic rings. The van der Waals surface area contributed by atoms with Crippen LogP contribution in [-0.2, 0) is 11.3 Å². The molecule has 1 aliphatic heterocycles. The van der Waals surface area contributed by atoms with Gasteiger partial charge in [-0.2, -0.15) is 0 Å². The minimum atomic E-state index is 0.159. The van der Waals surface area contributed by atoms with E-state index in [0.717, 1.165) is 49.9 Å². The van der Waals surface area contributed by atoms with E-state index in [1.54, 1.807) is 14.2 Å². The van der Waals surface area contributed by atoms with Gasteiger partial charge in [-0.25, -0.2) is 0 Å². The molecule has 0 unspecified atom stereocenters. The van der Waals surface area contributed by atoms with Crippen LogP contribution in [0.15, 0.2) is 48.5 Å². The lowest BCUT2D eigenvalue weighted by Crippen LogP contribution is -2.49. The number of carbonyl (C=O) groups excluding carboxylic acids is 1. The normalized spacial score (nSPS) is 15.1. The number of rotatable bonds is 8. The van der Waals surface area contributed by atoms with Gasteiger partial charge >= 0.3 is 0 Å². The fourth-order valence-corrected chi connectivity index (χ4v) is 3.73. The Morgan fingerprint density at radius 2 is 1.59 bits per heavy atom. The number of hydrogen-bond acceptors (Lipinski definition) is 5. The van der Waals surface area contributed by atoms with Crippen molar-refractivity contribution in [2.75, 3.05) is 58.4 Å². The Morgan fingerprint density at radius 3 is 2.21 bits per heavy atom. The first-order chi connectivity index (χ1) is 14.1. The second-order valence-electron chi connectivity index (χ2n) is 7.22. The number of para-hydroxylation sites is 1. The third-order valence-corrected chi connectivity index (χ3v) is 5.36. The molecule has 6 nitrogen and oxygen atoms in total. The van der Waals surface area contributed by atoms with Gasteiger partial charge in [0.1, 0.15) is 0 Å². The molecule has 0 N–H and O–H groups in total. The zero-order valence-corrected chi connectivity index (χ0v) is 17.6. The monoisotopic (exact) mass is 397 g/mol. The van der Waals surface area contributed by atoms with E-state index in [0.29, 0.717) is 13.1 Å². The quantitative estimate of drug-likeness (QED) is 0.685. The number of nitrogens with zero attached hydrogens (tertiary/aromatic N) is 3. The molecule has 6 heteroatoms. The Hall–Kier alpha value is -2.57. The summed E-state index contributed by atoms with van der Waals surface area (Å²) in [6, 6.07) is 16.0. The standard InChI is InChI=1S/C23H31N3O3/c1-4-26(20-8-6-5-7-9-20)23(27)18-25-14-12-24(13-15-25)17-19-10-11-21(28-2)22(16-19)29-3/h5-11,16H,4,12-15,17-18H2,1-3H3. The fourth-order valence-electron chi connectivity index (χ4n) is 3.73. The third kappa shape index (κ3) is 5.49. The van der Waals surface area contributed by atoms with Gasteiger partial charge in [-0.3, -0.25) is 14.6 Å². The molecule has 156 valence electrons. The predicted octanol–water partition coefficient (Wildman–Crippen LogP) is 2.87. The van der Waals surface area contributed by atoms with Gasteiger partial charge in [-0.1, -0.05) is 24.3 Å². The summed E-state index contributed by atoms with van der Waals surface area (Å²) in [5.74, 6) is 1.67. The Morgan fingerprint density at radius 1 is 0.931 bits per heavy atom. The topological polar surface area (TPSA) is 45.3 Å². The lowest BCUT2D eigenvalue weighted by Gasteiger charge is -2.35. The summed E-state index contributed by atoms with van der Waals surface area (Å²) >= 11 is 0. The number of benzene rings is 2. The summed E-state index contributed by atoms with van der Waals surface area (Å²) in [5, 5.41) is 0. The zero-order chi connectivity index (χ0) is 20.6. The van der Waals surface area contributed by atoms with Crippen LogP contribution >= 0.6 is 0 Å². The summed E-state index contributed by atoms with van der Waals surface area (Å²) < 4.78 is 10.7. The van der Waals surface area contributed by atoms with Crippen LogP contribution in [0.2, 0.25) is 0 Å². The maximum Gasteiger partial charge on any atom is 0.241 e. The molecule has 29 heavy (non-hydrogen) atoms. The number of likely N-dealkylation sites (N-methyl/N-ethyl adjacent to an activating group) is 1. The van der Waals surface area contributed by atoms with Gasteiger partial charge in [0.25, 0.3) is 0 Å². The Kier molecular flexibility index (Phi) is 7.49. The average Bonchev–Trinajstić information content (AvgIpc) is 2.76. The van der Waals surface area contributed by atoms with E-state index in [9.17, 15) is 4.79 Å². The second kappa shape index (κ2) is 10.3. The van der Waals surface area contributed by atoms with Crippen molar-refractivity contribution in [1.82, 2.24) is 9.80 Å². The molecule has 0 aromatic heterocycles. The third-order valence-electron chi connectivity index (χ3n) is 5.36. The predicted molar refractivity (Wildman–Crippen MR) is 116 cm³/mol. The molecule has 0 saturated carbocycles. The van der Waals surface area contributed by atoms with Crippen molar-refractivity contribution in [2.45, 2.75) is 13.5 Å². The van der Waals surface area contributed by atoms with E-state index in [4.69, 9.17) is 9.47 Å². The van der Waals surface area contributed by atoms with Gasteiger partial charge in [0, 0.05) is 45.0 Å². The Bertz CT molecular complexity index is 789. The highest BCUT2D eigenvalue weighted by Gasteiger charge is 2.22. The number of piperazine rings is 1. The Balaban J connectivity index is 1.51. The molecule has 1 amide bonds. The second-order valence-corrected chi connectivity index (χ2v) is 7.22. The number of anilines is 1. The van der Waals surface area contributed by atoms with E-state index in [2.05, 4.69) is 15.9 Å². The highest BCUT2D eigenvalue weighted by atomic mass is 16.5. The number of hydrogen-bond donors (Lipinski definition) is 0. The van der Waals surface area contributed by atoms with Crippen LogP contribution in [0.3, 0.4) is 0 Å². The van der Waals surface area contributed by atoms with Crippen LogP contribution < -0.4 is 14.4 Å². The SMILES string of the molecule is CCN(C(=O)CN1CCN(Cc2ccc(OC)c(OC)c2)CC1)c1ccccc1. The molecular formula is C23H31N3O3. The number of ether oxygens (including phenoxy) is 2. The van der Waals surface area contributed by atoms with Crippen LogP contribution in [0.5, 0.6) is 11.5 Å². The summed E-state index contributed by atoms with van der Waals surface area (Å²) in [7, 11) is 3.31. The summed E-state index contributed by atoms with van der Waals surface area (Å²) in [6.07, 6.45) is 0. The van der Waals surface area contributed by atoms with E-state index in [1.807, 2.05) is 54.3 Å². The number of amides is 1. The highest BCUT2D eigenvalue weighted by Crippen LogP contribution is 2.28. The largest absolute Gasteiger partial charge is 0.493 e. The molecule has 2 aromatic carbocycles. The average molecular weight is 398 g/mol. The molecule has 0 bridgehead atoms. The fraction of sp³-hybridized carbons (Fsp3) is 0.435. The molecule has 0 aliphatic carbocycles. The lowest BCUT2D eigenvalue weighted by atomic mass is 10.1. The van der Waals surface area contributed by atoms with Gasteiger partial charge in [0.05, 0.1) is 20.8 Å². The van der Waals surface area contributed by atoms with E-state index < -0.39 is 0 Å². The van der Waals surface area contributed by atoms with E-state index in [-0.39, 0.29) is 5.91 Å². The summed E-state index contributed by atoms with van der Waals surface area (Å²) in [4.78, 5) is 19.3. The van der Waals surface area contributed by atoms with Gasteiger partial charge in [0.15, 0.2) is 11.5 Å². The first-order valence-corrected chi connectivity index (χ1v) is 10.2. The first kappa shape index (κ1) is 21.1. The van der Waals surface area contributed by atoms with Crippen LogP contribution in [-0.4, -0.2) is 69.2 Å². The van der Waals surface area contributed by atoms with Crippen molar-refractivity contribution in [3.8, 4) is 11.5 Å². The maximum atomic E-state index is 12.8. The maximum absolute atomic E-state index is 12.8. The van der Waals surface area contributed by atoms with Gasteiger partial charge in [-0.05, 0) is 36.8 Å². The summed E-state index contributed by atoms with van der Waals surface area (Å²) in [5.41, 5.74) is 2.17. The van der Waals surface area contributed by atoms with Gasteiger partial charge in [-0.15, -0.1) is 0 Å². The van der Waals surface area contributed by atoms with E-state index in [1.165, 1.54) is 5.56 Å². The van der Waals surface area contributed by atoms with Crippen molar-refractivity contribution in [3.05, 3.63) is 54.1 Å². The van der Waals surface area contributed by atoms with Crippen molar-refractivity contribution in [2.24, 2.45) is 0 Å². The van der Waals surface area contributed by atoms with Crippen molar-refractivity contribution in [3.63, 3.8) is 0 Å². The van der Waals surface area contributed by atoms with Crippen LogP contribution in [0, 0.1) is 0 Å². The molecular weight excluding hydrogens is 366 g/mol. The lowest BCUT2D eigenvalue weighted by molar-refractivity contribution is -0.120. The molecule has 1 aliphatic rings. The Labute approximate surface area is 173 Å². The van der Waals surface area contributed by atoms with Crippen molar-refractivity contribution in [1.29, 1.82) is 0 Å². The molecule has 3 rings (SSSR count).